The Morgan fingerprint density at radius 2 is 1.55 bits per heavy atom. The van der Waals surface area contributed by atoms with E-state index in [0.717, 1.165) is 0 Å². The van der Waals surface area contributed by atoms with Gasteiger partial charge in [0.1, 0.15) is 0 Å². The summed E-state index contributed by atoms with van der Waals surface area (Å²) >= 11 is 0. The zero-order valence-electron chi connectivity index (χ0n) is 5.97. The summed E-state index contributed by atoms with van der Waals surface area (Å²) in [5, 5.41) is 15.6. The Balaban J connectivity index is 0. The molecule has 0 bridgehead atoms. The second-order valence-corrected chi connectivity index (χ2v) is 3.09. The van der Waals surface area contributed by atoms with Crippen LogP contribution in [0.25, 0.3) is 0 Å². The zero-order chi connectivity index (χ0) is 9.33. The Hall–Kier alpha value is -0.210. The van der Waals surface area contributed by atoms with Crippen molar-refractivity contribution in [2.24, 2.45) is 5.73 Å². The maximum atomic E-state index is 9.63. The minimum absolute atomic E-state index is 0.0972. The molecule has 0 rings (SSSR count). The largest absolute Gasteiger partial charge is 0.395 e. The number of aliphatic hydroxyl groups is 2. The first-order valence-electron chi connectivity index (χ1n) is 2.85. The summed E-state index contributed by atoms with van der Waals surface area (Å²) in [6.45, 7) is -0.0567. The van der Waals surface area contributed by atoms with Gasteiger partial charge in [-0.3, -0.25) is 4.55 Å². The van der Waals surface area contributed by atoms with Crippen LogP contribution in [-0.4, -0.2) is 48.7 Å². The molecule has 5 N–H and O–H groups in total. The fraction of sp³-hybridized carbons (Fsp3) is 1.00. The Bertz CT molecular complexity index is 152. The lowest BCUT2D eigenvalue weighted by atomic mass is 10.8. The maximum absolute atomic E-state index is 9.63. The van der Waals surface area contributed by atoms with E-state index in [-0.39, 0.29) is 6.61 Å². The molecule has 0 spiro atoms. The Morgan fingerprint density at radius 1 is 1.18 bits per heavy atom. The molecule has 0 atom stereocenters. The van der Waals surface area contributed by atoms with Gasteiger partial charge in [-0.1, -0.05) is 0 Å². The van der Waals surface area contributed by atoms with Crippen LogP contribution in [-0.2, 0) is 10.1 Å². The summed E-state index contributed by atoms with van der Waals surface area (Å²) in [6, 6.07) is 0. The summed E-state index contributed by atoms with van der Waals surface area (Å²) < 4.78 is 27.1. The number of aliphatic hydroxyl groups excluding tert-OH is 2. The molecular formula is C4H13NO5S. The maximum Gasteiger partial charge on any atom is 0.267 e. The van der Waals surface area contributed by atoms with Crippen molar-refractivity contribution >= 4 is 10.1 Å². The van der Waals surface area contributed by atoms with E-state index < -0.39 is 22.5 Å². The van der Waals surface area contributed by atoms with Crippen LogP contribution in [0.5, 0.6) is 0 Å². The molecule has 0 amide bonds. The van der Waals surface area contributed by atoms with Crippen molar-refractivity contribution < 1.29 is 23.2 Å². The van der Waals surface area contributed by atoms with Crippen molar-refractivity contribution in [3.63, 3.8) is 0 Å². The third kappa shape index (κ3) is 25.9. The second-order valence-electron chi connectivity index (χ2n) is 1.52. The van der Waals surface area contributed by atoms with E-state index in [1.807, 2.05) is 0 Å². The number of hydrogen-bond acceptors (Lipinski definition) is 5. The lowest BCUT2D eigenvalue weighted by Crippen LogP contribution is -2.06. The predicted octanol–water partition coefficient (Wildman–Crippen LogP) is -2.20. The van der Waals surface area contributed by atoms with E-state index in [1.54, 1.807) is 0 Å². The molecule has 0 heterocycles. The molecule has 11 heavy (non-hydrogen) atoms. The van der Waals surface area contributed by atoms with Crippen LogP contribution in [0.1, 0.15) is 0 Å². The topological polar surface area (TPSA) is 121 Å². The van der Waals surface area contributed by atoms with Gasteiger partial charge in [-0.15, -0.1) is 0 Å². The van der Waals surface area contributed by atoms with E-state index >= 15 is 0 Å². The molecule has 0 aromatic rings. The molecule has 0 saturated carbocycles. The van der Waals surface area contributed by atoms with Gasteiger partial charge in [0.2, 0.25) is 0 Å². The molecule has 0 aromatic heterocycles. The number of rotatable bonds is 3. The summed E-state index contributed by atoms with van der Waals surface area (Å²) in [5.74, 6) is -0.576. The van der Waals surface area contributed by atoms with Crippen LogP contribution in [0.15, 0.2) is 0 Å². The molecule has 0 saturated heterocycles. The predicted molar refractivity (Wildman–Crippen MR) is 39.6 cm³/mol. The van der Waals surface area contributed by atoms with Crippen molar-refractivity contribution in [3.05, 3.63) is 0 Å². The first-order chi connectivity index (χ1) is 4.97. The first-order valence-corrected chi connectivity index (χ1v) is 4.45. The minimum atomic E-state index is -3.92. The van der Waals surface area contributed by atoms with Gasteiger partial charge < -0.3 is 15.9 Å². The molecule has 6 nitrogen and oxygen atoms in total. The van der Waals surface area contributed by atoms with E-state index in [0.29, 0.717) is 6.54 Å². The zero-order valence-corrected chi connectivity index (χ0v) is 6.79. The SMILES string of the molecule is NCCO.O=S(=O)(O)CCO. The molecule has 7 heteroatoms. The molecule has 0 aliphatic heterocycles. The van der Waals surface area contributed by atoms with E-state index in [2.05, 4.69) is 0 Å². The summed E-state index contributed by atoms with van der Waals surface area (Å²) in [4.78, 5) is 0. The van der Waals surface area contributed by atoms with Gasteiger partial charge in [0.25, 0.3) is 10.1 Å². The quantitative estimate of drug-likeness (QED) is 0.372. The average Bonchev–Trinajstić information content (AvgIpc) is 1.86. The number of nitrogens with two attached hydrogens (primary N) is 1. The van der Waals surface area contributed by atoms with Gasteiger partial charge in [0.15, 0.2) is 0 Å². The molecule has 0 fully saturated rings. The smallest absolute Gasteiger partial charge is 0.267 e. The highest BCUT2D eigenvalue weighted by Crippen LogP contribution is 1.75. The van der Waals surface area contributed by atoms with Gasteiger partial charge >= 0.3 is 0 Å². The lowest BCUT2D eigenvalue weighted by Gasteiger charge is -1.85. The summed E-state index contributed by atoms with van der Waals surface area (Å²) in [7, 11) is -3.92. The van der Waals surface area contributed by atoms with Crippen molar-refractivity contribution in [2.75, 3.05) is 25.5 Å². The van der Waals surface area contributed by atoms with Gasteiger partial charge in [-0.05, 0) is 0 Å². The van der Waals surface area contributed by atoms with Crippen LogP contribution in [0.2, 0.25) is 0 Å². The minimum Gasteiger partial charge on any atom is -0.395 e. The van der Waals surface area contributed by atoms with Gasteiger partial charge in [0.05, 0.1) is 19.0 Å². The lowest BCUT2D eigenvalue weighted by molar-refractivity contribution is 0.306. The van der Waals surface area contributed by atoms with Gasteiger partial charge in [-0.25, -0.2) is 0 Å². The Kier molecular flexibility index (Phi) is 9.60. The number of hydrogen-bond donors (Lipinski definition) is 4. The second kappa shape index (κ2) is 7.89. The fourth-order valence-corrected chi connectivity index (χ4v) is 0.346. The van der Waals surface area contributed by atoms with Crippen LogP contribution in [0, 0.1) is 0 Å². The molecule has 70 valence electrons. The summed E-state index contributed by atoms with van der Waals surface area (Å²) in [6.07, 6.45) is 0. The molecule has 0 aliphatic rings. The highest BCUT2D eigenvalue weighted by Gasteiger charge is 1.99. The highest BCUT2D eigenvalue weighted by atomic mass is 32.2. The van der Waals surface area contributed by atoms with Gasteiger partial charge in [0, 0.05) is 6.54 Å². The third-order valence-corrected chi connectivity index (χ3v) is 1.18. The standard InChI is InChI=1S/C2H7NO.C2H6O4S/c3-1-2-4;3-1-2-7(4,5)6/h4H,1-3H2;3H,1-2H2,(H,4,5,6). The molecule has 0 radical (unpaired) electrons. The van der Waals surface area contributed by atoms with Crippen LogP contribution >= 0.6 is 0 Å². The Labute approximate surface area is 65.4 Å². The monoisotopic (exact) mass is 187 g/mol. The van der Waals surface area contributed by atoms with Crippen molar-refractivity contribution in [2.45, 2.75) is 0 Å². The van der Waals surface area contributed by atoms with Crippen LogP contribution in [0.3, 0.4) is 0 Å². The van der Waals surface area contributed by atoms with Gasteiger partial charge in [-0.2, -0.15) is 8.42 Å². The summed E-state index contributed by atoms with van der Waals surface area (Å²) in [5.41, 5.74) is 4.78. The highest BCUT2D eigenvalue weighted by molar-refractivity contribution is 7.85. The van der Waals surface area contributed by atoms with E-state index in [9.17, 15) is 8.42 Å². The first kappa shape index (κ1) is 13.4. The van der Waals surface area contributed by atoms with Crippen molar-refractivity contribution in [1.82, 2.24) is 0 Å². The molecular weight excluding hydrogens is 174 g/mol. The van der Waals surface area contributed by atoms with E-state index in [4.69, 9.17) is 20.5 Å². The normalized spacial score (nSPS) is 10.2. The molecule has 0 unspecified atom stereocenters. The van der Waals surface area contributed by atoms with Crippen LogP contribution in [0.4, 0.5) is 0 Å². The van der Waals surface area contributed by atoms with Crippen molar-refractivity contribution in [1.29, 1.82) is 0 Å². The van der Waals surface area contributed by atoms with Crippen molar-refractivity contribution in [3.8, 4) is 0 Å². The third-order valence-electron chi connectivity index (χ3n) is 0.478. The molecule has 0 aliphatic carbocycles. The Morgan fingerprint density at radius 3 is 1.55 bits per heavy atom. The van der Waals surface area contributed by atoms with Crippen LogP contribution < -0.4 is 5.73 Å². The fourth-order valence-electron chi connectivity index (χ4n) is 0.115. The molecule has 0 aromatic carbocycles. The average molecular weight is 187 g/mol. The van der Waals surface area contributed by atoms with E-state index in [1.165, 1.54) is 0 Å².